The Bertz CT molecular complexity index is 506. The summed E-state index contributed by atoms with van der Waals surface area (Å²) in [4.78, 5) is 19.0. The minimum absolute atomic E-state index is 0.211. The molecule has 0 spiro atoms. The molecule has 0 saturated carbocycles. The number of aryl methyl sites for hydroxylation is 1. The van der Waals surface area contributed by atoms with Crippen molar-refractivity contribution in [2.24, 2.45) is 5.92 Å². The number of rotatable bonds is 2. The van der Waals surface area contributed by atoms with E-state index in [0.717, 1.165) is 51.0 Å². The van der Waals surface area contributed by atoms with Crippen LogP contribution >= 0.6 is 0 Å². The molecule has 1 fully saturated rings. The van der Waals surface area contributed by atoms with Gasteiger partial charge in [0.05, 0.1) is 6.04 Å². The molecule has 1 saturated heterocycles. The molecule has 1 aromatic rings. The maximum absolute atomic E-state index is 12.6. The van der Waals surface area contributed by atoms with Crippen LogP contribution in [0.1, 0.15) is 44.0 Å². The molecule has 1 aliphatic heterocycles. The van der Waals surface area contributed by atoms with E-state index in [4.69, 9.17) is 0 Å². The molecule has 0 aromatic carbocycles. The SMILES string of the molecule is Cc1nccn1[C@@H]1CCCN(C(=O)[C@@H]2CC=CCC2)C1. The fourth-order valence-electron chi connectivity index (χ4n) is 3.43. The molecule has 4 nitrogen and oxygen atoms in total. The molecule has 0 unspecified atom stereocenters. The molecule has 3 rings (SSSR count). The Balaban J connectivity index is 1.67. The molecule has 2 aliphatic rings. The third-order valence-corrected chi connectivity index (χ3v) is 4.58. The Kier molecular flexibility index (Phi) is 3.90. The van der Waals surface area contributed by atoms with Crippen molar-refractivity contribution in [3.05, 3.63) is 30.4 Å². The van der Waals surface area contributed by atoms with E-state index in [1.807, 2.05) is 19.3 Å². The van der Waals surface area contributed by atoms with Crippen molar-refractivity contribution in [3.63, 3.8) is 0 Å². The second-order valence-electron chi connectivity index (χ2n) is 5.94. The lowest BCUT2D eigenvalue weighted by atomic mass is 9.92. The predicted octanol–water partition coefficient (Wildman–Crippen LogP) is 2.71. The molecule has 1 aliphatic carbocycles. The molecule has 1 amide bonds. The lowest BCUT2D eigenvalue weighted by molar-refractivity contribution is -0.137. The van der Waals surface area contributed by atoms with Gasteiger partial charge in [0.25, 0.3) is 0 Å². The number of carbonyl (C=O) groups excluding carboxylic acids is 1. The monoisotopic (exact) mass is 273 g/mol. The Morgan fingerprint density at radius 3 is 2.95 bits per heavy atom. The van der Waals surface area contributed by atoms with Crippen molar-refractivity contribution in [1.29, 1.82) is 0 Å². The molecule has 2 heterocycles. The van der Waals surface area contributed by atoms with E-state index in [2.05, 4.69) is 26.6 Å². The van der Waals surface area contributed by atoms with Crippen LogP contribution in [0, 0.1) is 12.8 Å². The summed E-state index contributed by atoms with van der Waals surface area (Å²) in [5, 5.41) is 0. The van der Waals surface area contributed by atoms with E-state index < -0.39 is 0 Å². The number of hydrogen-bond acceptors (Lipinski definition) is 2. The second kappa shape index (κ2) is 5.81. The molecule has 0 radical (unpaired) electrons. The summed E-state index contributed by atoms with van der Waals surface area (Å²) < 4.78 is 2.22. The van der Waals surface area contributed by atoms with Crippen LogP contribution in [-0.2, 0) is 4.79 Å². The first-order valence-corrected chi connectivity index (χ1v) is 7.69. The zero-order chi connectivity index (χ0) is 13.9. The lowest BCUT2D eigenvalue weighted by Crippen LogP contribution is -2.43. The third-order valence-electron chi connectivity index (χ3n) is 4.58. The zero-order valence-corrected chi connectivity index (χ0v) is 12.2. The first-order chi connectivity index (χ1) is 9.75. The average Bonchev–Trinajstić information content (AvgIpc) is 2.94. The average molecular weight is 273 g/mol. The maximum atomic E-state index is 12.6. The highest BCUT2D eigenvalue weighted by Gasteiger charge is 2.29. The van der Waals surface area contributed by atoms with Gasteiger partial charge in [0.2, 0.25) is 5.91 Å². The Morgan fingerprint density at radius 1 is 1.35 bits per heavy atom. The fourth-order valence-corrected chi connectivity index (χ4v) is 3.43. The number of hydrogen-bond donors (Lipinski definition) is 0. The van der Waals surface area contributed by atoms with Gasteiger partial charge in [-0.25, -0.2) is 4.98 Å². The number of imidazole rings is 1. The first-order valence-electron chi connectivity index (χ1n) is 7.69. The van der Waals surface area contributed by atoms with Crippen LogP contribution < -0.4 is 0 Å². The number of likely N-dealkylation sites (tertiary alicyclic amines) is 1. The van der Waals surface area contributed by atoms with E-state index in [1.54, 1.807) is 0 Å². The molecule has 20 heavy (non-hydrogen) atoms. The van der Waals surface area contributed by atoms with E-state index in [0.29, 0.717) is 11.9 Å². The number of aromatic nitrogens is 2. The van der Waals surface area contributed by atoms with Gasteiger partial charge in [0, 0.05) is 31.4 Å². The van der Waals surface area contributed by atoms with Crippen molar-refractivity contribution in [2.45, 2.75) is 45.1 Å². The highest BCUT2D eigenvalue weighted by Crippen LogP contribution is 2.26. The predicted molar refractivity (Wildman–Crippen MR) is 78.3 cm³/mol. The van der Waals surface area contributed by atoms with Gasteiger partial charge in [-0.2, -0.15) is 0 Å². The van der Waals surface area contributed by atoms with Crippen molar-refractivity contribution in [3.8, 4) is 0 Å². The van der Waals surface area contributed by atoms with Crippen LogP contribution in [0.5, 0.6) is 0 Å². The van der Waals surface area contributed by atoms with Gasteiger partial charge >= 0.3 is 0 Å². The molecule has 1 aromatic heterocycles. The van der Waals surface area contributed by atoms with Gasteiger partial charge in [-0.05, 0) is 39.0 Å². The Labute approximate surface area is 120 Å². The largest absolute Gasteiger partial charge is 0.340 e. The van der Waals surface area contributed by atoms with Crippen molar-refractivity contribution in [2.75, 3.05) is 13.1 Å². The van der Waals surface area contributed by atoms with Gasteiger partial charge < -0.3 is 9.47 Å². The topological polar surface area (TPSA) is 38.1 Å². The highest BCUT2D eigenvalue weighted by molar-refractivity contribution is 5.79. The number of amides is 1. The smallest absolute Gasteiger partial charge is 0.226 e. The number of carbonyl (C=O) groups is 1. The van der Waals surface area contributed by atoms with Crippen LogP contribution in [0.25, 0.3) is 0 Å². The van der Waals surface area contributed by atoms with Crippen LogP contribution in [0.15, 0.2) is 24.5 Å². The quantitative estimate of drug-likeness (QED) is 0.777. The van der Waals surface area contributed by atoms with Gasteiger partial charge in [-0.3, -0.25) is 4.79 Å². The molecule has 0 bridgehead atoms. The van der Waals surface area contributed by atoms with Gasteiger partial charge in [0.15, 0.2) is 0 Å². The van der Waals surface area contributed by atoms with Crippen LogP contribution in [0.4, 0.5) is 0 Å². The summed E-state index contributed by atoms with van der Waals surface area (Å²) in [6, 6.07) is 0.398. The van der Waals surface area contributed by atoms with E-state index in [-0.39, 0.29) is 5.92 Å². The molecule has 4 heteroatoms. The van der Waals surface area contributed by atoms with Gasteiger partial charge in [-0.15, -0.1) is 0 Å². The normalized spacial score (nSPS) is 26.8. The maximum Gasteiger partial charge on any atom is 0.226 e. The van der Waals surface area contributed by atoms with Gasteiger partial charge in [-0.1, -0.05) is 12.2 Å². The first kappa shape index (κ1) is 13.4. The third kappa shape index (κ3) is 2.65. The van der Waals surface area contributed by atoms with E-state index in [9.17, 15) is 4.79 Å². The lowest BCUT2D eigenvalue weighted by Gasteiger charge is -2.36. The Morgan fingerprint density at radius 2 is 2.25 bits per heavy atom. The number of nitrogens with zero attached hydrogens (tertiary/aromatic N) is 3. The van der Waals surface area contributed by atoms with Crippen LogP contribution in [-0.4, -0.2) is 33.4 Å². The fraction of sp³-hybridized carbons (Fsp3) is 0.625. The molecular formula is C16H23N3O. The summed E-state index contributed by atoms with van der Waals surface area (Å²) in [7, 11) is 0. The summed E-state index contributed by atoms with van der Waals surface area (Å²) >= 11 is 0. The van der Waals surface area contributed by atoms with Crippen molar-refractivity contribution in [1.82, 2.24) is 14.5 Å². The zero-order valence-electron chi connectivity index (χ0n) is 12.2. The standard InChI is InChI=1S/C16H23N3O/c1-13-17-9-11-19(13)15-8-5-10-18(12-15)16(20)14-6-3-2-4-7-14/h2-3,9,11,14-15H,4-8,10,12H2,1H3/t14-,15-/m1/s1. The summed E-state index contributed by atoms with van der Waals surface area (Å²) in [6.07, 6.45) is 13.5. The highest BCUT2D eigenvalue weighted by atomic mass is 16.2. The molecular weight excluding hydrogens is 250 g/mol. The van der Waals surface area contributed by atoms with Crippen molar-refractivity contribution < 1.29 is 4.79 Å². The molecule has 0 N–H and O–H groups in total. The second-order valence-corrected chi connectivity index (χ2v) is 5.94. The minimum Gasteiger partial charge on any atom is -0.340 e. The molecule has 108 valence electrons. The number of piperidine rings is 1. The summed E-state index contributed by atoms with van der Waals surface area (Å²) in [6.45, 7) is 3.80. The summed E-state index contributed by atoms with van der Waals surface area (Å²) in [5.41, 5.74) is 0. The van der Waals surface area contributed by atoms with Crippen LogP contribution in [0.3, 0.4) is 0 Å². The Hall–Kier alpha value is -1.58. The van der Waals surface area contributed by atoms with Gasteiger partial charge in [0.1, 0.15) is 5.82 Å². The van der Waals surface area contributed by atoms with Crippen LogP contribution in [0.2, 0.25) is 0 Å². The molecule has 2 atom stereocenters. The minimum atomic E-state index is 0.211. The van der Waals surface area contributed by atoms with Crippen molar-refractivity contribution >= 4 is 5.91 Å². The van der Waals surface area contributed by atoms with E-state index in [1.165, 1.54) is 0 Å². The van der Waals surface area contributed by atoms with E-state index >= 15 is 0 Å². The number of allylic oxidation sites excluding steroid dienone is 2. The summed E-state index contributed by atoms with van der Waals surface area (Å²) in [5.74, 6) is 1.62.